The molecule has 1 aromatic heterocycles. The van der Waals surface area contributed by atoms with Crippen LogP contribution in [0.25, 0.3) is 0 Å². The van der Waals surface area contributed by atoms with Gasteiger partial charge in [0.25, 0.3) is 0 Å². The Hall–Kier alpha value is -0.800. The first-order chi connectivity index (χ1) is 6.61. The predicted molar refractivity (Wildman–Crippen MR) is 53.9 cm³/mol. The zero-order valence-electron chi connectivity index (χ0n) is 8.71. The van der Waals surface area contributed by atoms with E-state index in [9.17, 15) is 5.11 Å². The van der Waals surface area contributed by atoms with Gasteiger partial charge in [-0.05, 0) is 12.0 Å². The Bertz CT molecular complexity index is 345. The van der Waals surface area contributed by atoms with Gasteiger partial charge in [0, 0.05) is 24.9 Å². The molecular formula is C11H17NO2. The van der Waals surface area contributed by atoms with Gasteiger partial charge in [0.05, 0.1) is 0 Å². The molecule has 0 radical (unpaired) electrons. The molecule has 0 fully saturated rings. The van der Waals surface area contributed by atoms with Crippen molar-refractivity contribution in [3.63, 3.8) is 0 Å². The highest BCUT2D eigenvalue weighted by Gasteiger charge is 2.44. The third kappa shape index (κ3) is 1.12. The van der Waals surface area contributed by atoms with Gasteiger partial charge in [0.15, 0.2) is 0 Å². The average Bonchev–Trinajstić information content (AvgIpc) is 2.68. The fourth-order valence-corrected chi connectivity index (χ4v) is 2.20. The topological polar surface area (TPSA) is 59.4 Å². The van der Waals surface area contributed by atoms with Crippen molar-refractivity contribution in [2.75, 3.05) is 6.54 Å². The maximum absolute atomic E-state index is 10.3. The van der Waals surface area contributed by atoms with E-state index in [2.05, 4.69) is 0 Å². The largest absolute Gasteiger partial charge is 0.466 e. The standard InChI is InChI=1S/C11H17NO2/c1-3-8-5-9-10(14-8)4-7(2)11(9,13)6-12/h5,7,13H,3-4,6,12H2,1-2H3. The van der Waals surface area contributed by atoms with Gasteiger partial charge in [-0.15, -0.1) is 0 Å². The maximum atomic E-state index is 10.3. The summed E-state index contributed by atoms with van der Waals surface area (Å²) in [6.45, 7) is 4.32. The minimum atomic E-state index is -0.869. The van der Waals surface area contributed by atoms with Crippen LogP contribution < -0.4 is 5.73 Å². The normalized spacial score (nSPS) is 30.7. The molecule has 0 saturated heterocycles. The van der Waals surface area contributed by atoms with Crippen LogP contribution in [-0.4, -0.2) is 11.7 Å². The van der Waals surface area contributed by atoms with E-state index in [0.29, 0.717) is 0 Å². The van der Waals surface area contributed by atoms with E-state index in [-0.39, 0.29) is 12.5 Å². The average molecular weight is 195 g/mol. The van der Waals surface area contributed by atoms with Crippen molar-refractivity contribution in [3.8, 4) is 0 Å². The van der Waals surface area contributed by atoms with E-state index in [1.165, 1.54) is 0 Å². The molecule has 1 aliphatic rings. The molecule has 3 heteroatoms. The first kappa shape index (κ1) is 9.74. The van der Waals surface area contributed by atoms with Gasteiger partial charge in [-0.1, -0.05) is 13.8 Å². The molecule has 0 saturated carbocycles. The summed E-state index contributed by atoms with van der Waals surface area (Å²) in [5.41, 5.74) is 5.67. The minimum absolute atomic E-state index is 0.159. The third-order valence-electron chi connectivity index (χ3n) is 3.29. The Morgan fingerprint density at radius 1 is 1.71 bits per heavy atom. The molecule has 1 aliphatic carbocycles. The molecule has 3 nitrogen and oxygen atoms in total. The van der Waals surface area contributed by atoms with E-state index < -0.39 is 5.60 Å². The van der Waals surface area contributed by atoms with Crippen LogP contribution in [0.4, 0.5) is 0 Å². The number of furan rings is 1. The Kier molecular flexibility index (Phi) is 2.16. The van der Waals surface area contributed by atoms with E-state index in [4.69, 9.17) is 10.2 Å². The third-order valence-corrected chi connectivity index (χ3v) is 3.29. The number of fused-ring (bicyclic) bond motifs is 1. The van der Waals surface area contributed by atoms with Gasteiger partial charge in [0.2, 0.25) is 0 Å². The predicted octanol–water partition coefficient (Wildman–Crippen LogP) is 1.18. The van der Waals surface area contributed by atoms with Crippen LogP contribution in [0.1, 0.15) is 30.9 Å². The number of hydrogen-bond donors (Lipinski definition) is 2. The van der Waals surface area contributed by atoms with Gasteiger partial charge >= 0.3 is 0 Å². The van der Waals surface area contributed by atoms with E-state index >= 15 is 0 Å². The number of rotatable bonds is 2. The second-order valence-corrected chi connectivity index (χ2v) is 4.14. The fourth-order valence-electron chi connectivity index (χ4n) is 2.20. The Morgan fingerprint density at radius 2 is 2.43 bits per heavy atom. The molecular weight excluding hydrogens is 178 g/mol. The van der Waals surface area contributed by atoms with Crippen LogP contribution in [0, 0.1) is 5.92 Å². The van der Waals surface area contributed by atoms with Crippen molar-refractivity contribution in [2.45, 2.75) is 32.3 Å². The Morgan fingerprint density at radius 3 is 3.00 bits per heavy atom. The molecule has 0 aromatic carbocycles. The number of aliphatic hydroxyl groups is 1. The van der Waals surface area contributed by atoms with Crippen LogP contribution in [0.15, 0.2) is 10.5 Å². The summed E-state index contributed by atoms with van der Waals surface area (Å²) in [5.74, 6) is 2.02. The summed E-state index contributed by atoms with van der Waals surface area (Å²) in [6, 6.07) is 1.95. The first-order valence-corrected chi connectivity index (χ1v) is 5.16. The van der Waals surface area contributed by atoms with Gasteiger partial charge < -0.3 is 15.3 Å². The molecule has 2 unspecified atom stereocenters. The van der Waals surface area contributed by atoms with Gasteiger partial charge in [-0.3, -0.25) is 0 Å². The summed E-state index contributed by atoms with van der Waals surface area (Å²) >= 11 is 0. The molecule has 0 spiro atoms. The number of hydrogen-bond acceptors (Lipinski definition) is 3. The summed E-state index contributed by atoms with van der Waals surface area (Å²) < 4.78 is 5.63. The van der Waals surface area contributed by atoms with Crippen molar-refractivity contribution in [2.24, 2.45) is 11.7 Å². The lowest BCUT2D eigenvalue weighted by atomic mass is 9.89. The zero-order valence-corrected chi connectivity index (χ0v) is 8.71. The SMILES string of the molecule is CCc1cc2c(o1)CC(C)C2(O)CN. The monoisotopic (exact) mass is 195 g/mol. The first-order valence-electron chi connectivity index (χ1n) is 5.16. The van der Waals surface area contributed by atoms with E-state index in [1.54, 1.807) is 0 Å². The second kappa shape index (κ2) is 3.11. The molecule has 1 aromatic rings. The van der Waals surface area contributed by atoms with Crippen molar-refractivity contribution in [1.29, 1.82) is 0 Å². The molecule has 0 aliphatic heterocycles. The number of nitrogens with two attached hydrogens (primary N) is 1. The highest BCUT2D eigenvalue weighted by atomic mass is 16.3. The lowest BCUT2D eigenvalue weighted by molar-refractivity contribution is 0.00481. The van der Waals surface area contributed by atoms with Crippen LogP contribution in [-0.2, 0) is 18.4 Å². The molecule has 2 atom stereocenters. The van der Waals surface area contributed by atoms with E-state index in [0.717, 1.165) is 29.9 Å². The quantitative estimate of drug-likeness (QED) is 0.745. The molecule has 0 bridgehead atoms. The molecule has 14 heavy (non-hydrogen) atoms. The summed E-state index contributed by atoms with van der Waals surface area (Å²) in [4.78, 5) is 0. The Labute approximate surface area is 83.9 Å². The van der Waals surface area contributed by atoms with Crippen molar-refractivity contribution >= 4 is 0 Å². The van der Waals surface area contributed by atoms with Crippen molar-refractivity contribution < 1.29 is 9.52 Å². The van der Waals surface area contributed by atoms with Gasteiger partial charge in [-0.25, -0.2) is 0 Å². The van der Waals surface area contributed by atoms with Gasteiger partial charge in [-0.2, -0.15) is 0 Å². The zero-order chi connectivity index (χ0) is 10.3. The molecule has 78 valence electrons. The molecule has 0 amide bonds. The molecule has 3 N–H and O–H groups in total. The van der Waals surface area contributed by atoms with Gasteiger partial charge in [0.1, 0.15) is 17.1 Å². The molecule has 2 rings (SSSR count). The summed E-state index contributed by atoms with van der Waals surface area (Å²) in [6.07, 6.45) is 1.66. The number of aryl methyl sites for hydroxylation is 1. The fraction of sp³-hybridized carbons (Fsp3) is 0.636. The lowest BCUT2D eigenvalue weighted by Crippen LogP contribution is -2.37. The van der Waals surface area contributed by atoms with Crippen molar-refractivity contribution in [3.05, 3.63) is 23.2 Å². The summed E-state index contributed by atoms with van der Waals surface area (Å²) in [7, 11) is 0. The van der Waals surface area contributed by atoms with Crippen molar-refractivity contribution in [1.82, 2.24) is 0 Å². The summed E-state index contributed by atoms with van der Waals surface area (Å²) in [5, 5.41) is 10.3. The van der Waals surface area contributed by atoms with Crippen LogP contribution in [0.5, 0.6) is 0 Å². The second-order valence-electron chi connectivity index (χ2n) is 4.14. The Balaban J connectivity index is 2.44. The smallest absolute Gasteiger partial charge is 0.110 e. The molecule has 1 heterocycles. The lowest BCUT2D eigenvalue weighted by Gasteiger charge is -2.25. The van der Waals surface area contributed by atoms with Crippen LogP contribution in [0.2, 0.25) is 0 Å². The maximum Gasteiger partial charge on any atom is 0.110 e. The van der Waals surface area contributed by atoms with E-state index in [1.807, 2.05) is 19.9 Å². The van der Waals surface area contributed by atoms with Crippen LogP contribution >= 0.6 is 0 Å². The highest BCUT2D eigenvalue weighted by Crippen LogP contribution is 2.42. The van der Waals surface area contributed by atoms with Crippen LogP contribution in [0.3, 0.4) is 0 Å². The minimum Gasteiger partial charge on any atom is -0.466 e. The highest BCUT2D eigenvalue weighted by molar-refractivity contribution is 5.35.